The van der Waals surface area contributed by atoms with Crippen molar-refractivity contribution in [2.45, 2.75) is 44.7 Å². The maximum atomic E-state index is 15.2. The number of nitrogens with zero attached hydrogens (tertiary/aromatic N) is 5. The van der Waals surface area contributed by atoms with Crippen molar-refractivity contribution in [3.63, 3.8) is 0 Å². The highest BCUT2D eigenvalue weighted by Crippen LogP contribution is 2.35. The minimum absolute atomic E-state index is 0.0516. The van der Waals surface area contributed by atoms with E-state index in [4.69, 9.17) is 4.74 Å². The lowest BCUT2D eigenvalue weighted by atomic mass is 10.1. The molecule has 3 heterocycles. The largest absolute Gasteiger partial charge is 0.436 e. The number of rotatable bonds is 7. The summed E-state index contributed by atoms with van der Waals surface area (Å²) in [6.45, 7) is 0.838. The number of amides is 2. The predicted molar refractivity (Wildman–Crippen MR) is 153 cm³/mol. The first-order valence-corrected chi connectivity index (χ1v) is 14.3. The van der Waals surface area contributed by atoms with E-state index in [0.717, 1.165) is 35.6 Å². The van der Waals surface area contributed by atoms with Gasteiger partial charge in [-0.2, -0.15) is 0 Å². The van der Waals surface area contributed by atoms with Crippen molar-refractivity contribution in [2.75, 3.05) is 11.9 Å². The number of carbonyl (C=O) groups excluding carboxylic acids is 2. The number of ether oxygens (including phenoxy) is 1. The number of hydrogen-bond donors (Lipinski definition) is 1. The molecule has 1 aliphatic heterocycles. The van der Waals surface area contributed by atoms with Crippen molar-refractivity contribution < 1.29 is 23.1 Å². The molecule has 44 heavy (non-hydrogen) atoms. The summed E-state index contributed by atoms with van der Waals surface area (Å²) in [5, 5.41) is 2.52. The Labute approximate surface area is 248 Å². The molecule has 13 heteroatoms. The first-order chi connectivity index (χ1) is 21.3. The maximum Gasteiger partial charge on any atom is 0.335 e. The highest BCUT2D eigenvalue weighted by atomic mass is 19.1. The summed E-state index contributed by atoms with van der Waals surface area (Å²) < 4.78 is 36.6. The Morgan fingerprint density at radius 3 is 2.45 bits per heavy atom. The Morgan fingerprint density at radius 2 is 1.75 bits per heavy atom. The Kier molecular flexibility index (Phi) is 6.79. The molecule has 7 rings (SSSR count). The molecule has 0 saturated heterocycles. The second-order valence-corrected chi connectivity index (χ2v) is 11.2. The predicted octanol–water partition coefficient (Wildman–Crippen LogP) is 3.74. The van der Waals surface area contributed by atoms with Crippen LogP contribution in [0.4, 0.5) is 14.5 Å². The molecule has 2 saturated carbocycles. The van der Waals surface area contributed by atoms with Crippen LogP contribution < -0.4 is 21.3 Å². The van der Waals surface area contributed by atoms with Gasteiger partial charge in [-0.1, -0.05) is 0 Å². The number of benzene rings is 2. The van der Waals surface area contributed by atoms with Crippen LogP contribution in [0.5, 0.6) is 11.6 Å². The summed E-state index contributed by atoms with van der Waals surface area (Å²) in [5.74, 6) is -1.90. The summed E-state index contributed by atoms with van der Waals surface area (Å²) >= 11 is 0. The number of anilines is 1. The fourth-order valence-electron chi connectivity index (χ4n) is 5.31. The zero-order valence-corrected chi connectivity index (χ0v) is 23.3. The van der Waals surface area contributed by atoms with Crippen LogP contribution >= 0.6 is 0 Å². The average Bonchev–Trinajstić information content (AvgIpc) is 3.93. The fourth-order valence-corrected chi connectivity index (χ4v) is 5.31. The number of halogens is 2. The van der Waals surface area contributed by atoms with E-state index in [0.29, 0.717) is 43.6 Å². The molecule has 0 bridgehead atoms. The molecule has 0 atom stereocenters. The molecule has 0 spiro atoms. The quantitative estimate of drug-likeness (QED) is 0.342. The molecule has 2 amide bonds. The third-order valence-electron chi connectivity index (χ3n) is 7.99. The van der Waals surface area contributed by atoms with Crippen LogP contribution in [-0.4, -0.2) is 42.4 Å². The van der Waals surface area contributed by atoms with Crippen molar-refractivity contribution in [1.29, 1.82) is 0 Å². The number of carbonyl (C=O) groups is 2. The van der Waals surface area contributed by atoms with E-state index in [9.17, 15) is 23.6 Å². The van der Waals surface area contributed by atoms with E-state index in [1.165, 1.54) is 41.4 Å². The first kappa shape index (κ1) is 27.6. The van der Waals surface area contributed by atoms with Gasteiger partial charge in [0.1, 0.15) is 17.7 Å². The van der Waals surface area contributed by atoms with E-state index in [1.54, 1.807) is 4.90 Å². The van der Waals surface area contributed by atoms with Gasteiger partial charge < -0.3 is 15.0 Å². The first-order valence-electron chi connectivity index (χ1n) is 14.3. The number of aromatic nitrogens is 4. The highest BCUT2D eigenvalue weighted by molar-refractivity contribution is 6.03. The zero-order valence-electron chi connectivity index (χ0n) is 23.3. The molecule has 0 radical (unpaired) electrons. The van der Waals surface area contributed by atoms with Gasteiger partial charge in [-0.05, 0) is 68.5 Å². The average molecular weight is 601 g/mol. The van der Waals surface area contributed by atoms with Gasteiger partial charge in [0.2, 0.25) is 11.8 Å². The molecule has 2 fully saturated rings. The van der Waals surface area contributed by atoms with E-state index in [-0.39, 0.29) is 46.4 Å². The molecule has 0 unspecified atom stereocenters. The minimum Gasteiger partial charge on any atom is -0.436 e. The molecular formula is C31H26F2N6O5. The van der Waals surface area contributed by atoms with E-state index in [2.05, 4.69) is 15.3 Å². The molecule has 2 aromatic heterocycles. The van der Waals surface area contributed by atoms with Gasteiger partial charge in [0.15, 0.2) is 11.6 Å². The number of hydrogen-bond acceptors (Lipinski definition) is 7. The van der Waals surface area contributed by atoms with Gasteiger partial charge in [-0.3, -0.25) is 19.0 Å². The van der Waals surface area contributed by atoms with Crippen molar-refractivity contribution in [1.82, 2.24) is 24.0 Å². The van der Waals surface area contributed by atoms with Gasteiger partial charge in [-0.15, -0.1) is 0 Å². The Balaban J connectivity index is 1.12. The van der Waals surface area contributed by atoms with Gasteiger partial charge in [0.25, 0.3) is 11.5 Å². The lowest BCUT2D eigenvalue weighted by molar-refractivity contribution is -0.133. The van der Waals surface area contributed by atoms with Crippen LogP contribution in [0.2, 0.25) is 0 Å². The third-order valence-corrected chi connectivity index (χ3v) is 7.99. The van der Waals surface area contributed by atoms with E-state index in [1.807, 2.05) is 0 Å². The minimum atomic E-state index is -0.887. The number of fused-ring (bicyclic) bond motifs is 1. The highest BCUT2D eigenvalue weighted by Gasteiger charge is 2.35. The smallest absolute Gasteiger partial charge is 0.335 e. The van der Waals surface area contributed by atoms with E-state index < -0.39 is 28.8 Å². The van der Waals surface area contributed by atoms with Crippen molar-refractivity contribution in [3.05, 3.63) is 104 Å². The topological polar surface area (TPSA) is 128 Å². The van der Waals surface area contributed by atoms with Gasteiger partial charge in [-0.25, -0.2) is 28.1 Å². The summed E-state index contributed by atoms with van der Waals surface area (Å²) in [6.07, 6.45) is 6.24. The standard InChI is InChI=1S/C31H26F2N6O5/c32-18-3-6-21(7-4-18)39-30(42)23(14-38(31(39)43)20-8-9-20)27(40)36-19-5-10-26(24(33)13-19)44-28-22-11-12-37(29(41)17-1-2-17)15-25(22)34-16-35-28/h3-7,10,13-14,16-17,20H,1-2,8-9,11-12,15H2,(H,36,40). The SMILES string of the molecule is O=C(Nc1ccc(Oc2ncnc3c2CCN(C(=O)C2CC2)C3)c(F)c1)c1cn(C2CC2)c(=O)n(-c2ccc(F)cc2)c1=O. The van der Waals surface area contributed by atoms with Gasteiger partial charge in [0.05, 0.1) is 17.9 Å². The maximum absolute atomic E-state index is 15.2. The van der Waals surface area contributed by atoms with Crippen LogP contribution in [0.1, 0.15) is 53.3 Å². The molecule has 1 N–H and O–H groups in total. The van der Waals surface area contributed by atoms with Crippen LogP contribution in [0.15, 0.2) is 64.6 Å². The third kappa shape index (κ3) is 5.25. The summed E-state index contributed by atoms with van der Waals surface area (Å²) in [7, 11) is 0. The van der Waals surface area contributed by atoms with Gasteiger partial charge in [0, 0.05) is 42.0 Å². The lowest BCUT2D eigenvalue weighted by Gasteiger charge is -2.28. The molecule has 3 aliphatic rings. The van der Waals surface area contributed by atoms with Crippen LogP contribution in [0.25, 0.3) is 5.69 Å². The van der Waals surface area contributed by atoms with Crippen LogP contribution in [-0.2, 0) is 17.8 Å². The molecule has 4 aromatic rings. The number of nitrogens with one attached hydrogen (secondary N) is 1. The molecule has 11 nitrogen and oxygen atoms in total. The Morgan fingerprint density at radius 1 is 0.977 bits per heavy atom. The molecule has 2 aromatic carbocycles. The van der Waals surface area contributed by atoms with Crippen molar-refractivity contribution in [3.8, 4) is 17.3 Å². The van der Waals surface area contributed by atoms with E-state index >= 15 is 4.39 Å². The Bertz CT molecular complexity index is 1930. The van der Waals surface area contributed by atoms with Crippen LogP contribution in [0.3, 0.4) is 0 Å². The zero-order chi connectivity index (χ0) is 30.5. The van der Waals surface area contributed by atoms with Crippen molar-refractivity contribution >= 4 is 17.5 Å². The van der Waals surface area contributed by atoms with Gasteiger partial charge >= 0.3 is 5.69 Å². The molecular weight excluding hydrogens is 574 g/mol. The summed E-state index contributed by atoms with van der Waals surface area (Å²) in [4.78, 5) is 62.4. The van der Waals surface area contributed by atoms with Crippen molar-refractivity contribution in [2.24, 2.45) is 5.92 Å². The molecule has 224 valence electrons. The monoisotopic (exact) mass is 600 g/mol. The molecule has 2 aliphatic carbocycles. The summed E-state index contributed by atoms with van der Waals surface area (Å²) in [6, 6.07) is 8.42. The summed E-state index contributed by atoms with van der Waals surface area (Å²) in [5.41, 5.74) is -0.332. The second-order valence-electron chi connectivity index (χ2n) is 11.2. The Hall–Kier alpha value is -5.20. The second kappa shape index (κ2) is 10.8. The fraction of sp³-hybridized carbons (Fsp3) is 0.290. The van der Waals surface area contributed by atoms with Crippen LogP contribution in [0, 0.1) is 17.6 Å². The normalized spacial score (nSPS) is 15.9. The lowest BCUT2D eigenvalue weighted by Crippen LogP contribution is -2.42.